The molecule has 0 spiro atoms. The van der Waals surface area contributed by atoms with Crippen LogP contribution in [0.5, 0.6) is 0 Å². The number of amides is 1. The number of aryl methyl sites for hydroxylation is 1. The van der Waals surface area contributed by atoms with Gasteiger partial charge >= 0.3 is 0 Å². The average molecular weight is 288 g/mol. The zero-order valence-corrected chi connectivity index (χ0v) is 11.3. The van der Waals surface area contributed by atoms with Crippen LogP contribution < -0.4 is 5.32 Å². The van der Waals surface area contributed by atoms with Gasteiger partial charge in [0.2, 0.25) is 5.95 Å². The Kier molecular flexibility index (Phi) is 3.12. The van der Waals surface area contributed by atoms with Crippen LogP contribution in [0.2, 0.25) is 5.15 Å². The first-order chi connectivity index (χ1) is 9.63. The fourth-order valence-electron chi connectivity index (χ4n) is 1.91. The maximum atomic E-state index is 12.2. The van der Waals surface area contributed by atoms with Gasteiger partial charge in [0.1, 0.15) is 17.0 Å². The van der Waals surface area contributed by atoms with Crippen LogP contribution in [0.15, 0.2) is 41.0 Å². The Labute approximate surface area is 119 Å². The maximum Gasteiger partial charge on any atom is 0.261 e. The number of fused-ring (bicyclic) bond motifs is 1. The van der Waals surface area contributed by atoms with E-state index in [1.165, 1.54) is 6.26 Å². The van der Waals surface area contributed by atoms with Crippen molar-refractivity contribution in [1.29, 1.82) is 0 Å². The molecule has 0 radical (unpaired) electrons. The van der Waals surface area contributed by atoms with Gasteiger partial charge in [-0.25, -0.2) is 9.97 Å². The zero-order valence-electron chi connectivity index (χ0n) is 10.6. The second-order valence-electron chi connectivity index (χ2n) is 4.26. The number of furan rings is 1. The molecule has 0 fully saturated rings. The molecule has 2 aromatic heterocycles. The quantitative estimate of drug-likeness (QED) is 0.733. The first-order valence-electron chi connectivity index (χ1n) is 5.92. The van der Waals surface area contributed by atoms with E-state index in [-0.39, 0.29) is 17.0 Å². The lowest BCUT2D eigenvalue weighted by atomic mass is 10.2. The number of para-hydroxylation sites is 1. The molecule has 20 heavy (non-hydrogen) atoms. The third-order valence-electron chi connectivity index (χ3n) is 2.77. The number of carbonyl (C=O) groups is 1. The van der Waals surface area contributed by atoms with Crippen molar-refractivity contribution < 1.29 is 9.21 Å². The van der Waals surface area contributed by atoms with Crippen LogP contribution in [0.25, 0.3) is 11.0 Å². The molecule has 0 saturated heterocycles. The number of carbonyl (C=O) groups excluding carboxylic acids is 1. The number of rotatable bonds is 2. The molecule has 3 rings (SSSR count). The summed E-state index contributed by atoms with van der Waals surface area (Å²) in [5, 5.41) is 3.63. The lowest BCUT2D eigenvalue weighted by Crippen LogP contribution is -2.14. The standard InChI is InChI=1S/C14H10ClN3O2/c1-8-6-12(15)17-14(16-8)18-13(19)10-7-20-11-5-3-2-4-9(10)11/h2-7H,1H3,(H,16,17,18,19). The first-order valence-corrected chi connectivity index (χ1v) is 6.30. The van der Waals surface area contributed by atoms with Gasteiger partial charge < -0.3 is 4.42 Å². The largest absolute Gasteiger partial charge is 0.463 e. The molecule has 0 saturated carbocycles. The fourth-order valence-corrected chi connectivity index (χ4v) is 2.15. The van der Waals surface area contributed by atoms with Crippen LogP contribution in [0.4, 0.5) is 5.95 Å². The van der Waals surface area contributed by atoms with Crippen LogP contribution in [-0.2, 0) is 0 Å². The van der Waals surface area contributed by atoms with E-state index in [1.807, 2.05) is 18.2 Å². The topological polar surface area (TPSA) is 68.0 Å². The minimum atomic E-state index is -0.336. The summed E-state index contributed by atoms with van der Waals surface area (Å²) in [6.07, 6.45) is 1.41. The molecular formula is C14H10ClN3O2. The molecule has 0 bridgehead atoms. The van der Waals surface area contributed by atoms with Gasteiger partial charge in [-0.1, -0.05) is 29.8 Å². The number of hydrogen-bond acceptors (Lipinski definition) is 4. The number of nitrogens with zero attached hydrogens (tertiary/aromatic N) is 2. The van der Waals surface area contributed by atoms with E-state index in [9.17, 15) is 4.79 Å². The molecule has 0 aliphatic heterocycles. The van der Waals surface area contributed by atoms with E-state index in [1.54, 1.807) is 19.1 Å². The van der Waals surface area contributed by atoms with E-state index in [2.05, 4.69) is 15.3 Å². The fraction of sp³-hybridized carbons (Fsp3) is 0.0714. The third-order valence-corrected chi connectivity index (χ3v) is 2.97. The number of benzene rings is 1. The minimum Gasteiger partial charge on any atom is -0.463 e. The second-order valence-corrected chi connectivity index (χ2v) is 4.64. The van der Waals surface area contributed by atoms with Crippen molar-refractivity contribution in [3.8, 4) is 0 Å². The predicted molar refractivity (Wildman–Crippen MR) is 75.9 cm³/mol. The molecule has 1 N–H and O–H groups in total. The maximum absolute atomic E-state index is 12.2. The van der Waals surface area contributed by atoms with Crippen molar-refractivity contribution in [2.45, 2.75) is 6.92 Å². The molecule has 0 aliphatic rings. The molecule has 2 heterocycles. The molecule has 3 aromatic rings. The Morgan fingerprint density at radius 2 is 2.10 bits per heavy atom. The Bertz CT molecular complexity index is 778. The molecule has 0 unspecified atom stereocenters. The molecule has 5 nitrogen and oxygen atoms in total. The van der Waals surface area contributed by atoms with Crippen LogP contribution in [0.1, 0.15) is 16.1 Å². The highest BCUT2D eigenvalue weighted by atomic mass is 35.5. The third kappa shape index (κ3) is 2.35. The van der Waals surface area contributed by atoms with Crippen molar-refractivity contribution in [3.63, 3.8) is 0 Å². The summed E-state index contributed by atoms with van der Waals surface area (Å²) in [6, 6.07) is 8.92. The number of nitrogens with one attached hydrogen (secondary N) is 1. The van der Waals surface area contributed by atoms with Crippen molar-refractivity contribution >= 4 is 34.4 Å². The second kappa shape index (κ2) is 4.94. The summed E-state index contributed by atoms with van der Waals surface area (Å²) >= 11 is 5.83. The summed E-state index contributed by atoms with van der Waals surface area (Å²) in [6.45, 7) is 1.77. The van der Waals surface area contributed by atoms with Gasteiger partial charge in [-0.05, 0) is 19.1 Å². The summed E-state index contributed by atoms with van der Waals surface area (Å²) < 4.78 is 5.33. The summed E-state index contributed by atoms with van der Waals surface area (Å²) in [4.78, 5) is 20.3. The smallest absolute Gasteiger partial charge is 0.261 e. The van der Waals surface area contributed by atoms with Crippen LogP contribution in [0.3, 0.4) is 0 Å². The Morgan fingerprint density at radius 3 is 2.90 bits per heavy atom. The number of hydrogen-bond donors (Lipinski definition) is 1. The van der Waals surface area contributed by atoms with Gasteiger partial charge in [-0.2, -0.15) is 0 Å². The summed E-state index contributed by atoms with van der Waals surface area (Å²) in [5.74, 6) is -0.165. The van der Waals surface area contributed by atoms with Gasteiger partial charge in [-0.3, -0.25) is 10.1 Å². The van der Waals surface area contributed by atoms with E-state index in [4.69, 9.17) is 16.0 Å². The Hall–Kier alpha value is -2.40. The van der Waals surface area contributed by atoms with Crippen LogP contribution in [0, 0.1) is 6.92 Å². The molecule has 0 atom stereocenters. The predicted octanol–water partition coefficient (Wildman–Crippen LogP) is 3.44. The molecule has 1 aromatic carbocycles. The zero-order chi connectivity index (χ0) is 14.1. The van der Waals surface area contributed by atoms with Gasteiger partial charge in [0.05, 0.1) is 5.56 Å². The summed E-state index contributed by atoms with van der Waals surface area (Å²) in [7, 11) is 0. The number of halogens is 1. The highest BCUT2D eigenvalue weighted by molar-refractivity contribution is 6.29. The monoisotopic (exact) mass is 287 g/mol. The minimum absolute atomic E-state index is 0.172. The van der Waals surface area contributed by atoms with Crippen molar-refractivity contribution in [1.82, 2.24) is 9.97 Å². The first kappa shape index (κ1) is 12.6. The molecule has 0 aliphatic carbocycles. The van der Waals surface area contributed by atoms with Crippen molar-refractivity contribution in [2.75, 3.05) is 5.32 Å². The molecule has 1 amide bonds. The summed E-state index contributed by atoms with van der Waals surface area (Å²) in [5.41, 5.74) is 1.76. The number of aromatic nitrogens is 2. The molecule has 6 heteroatoms. The van der Waals surface area contributed by atoms with E-state index in [0.717, 1.165) is 5.39 Å². The van der Waals surface area contributed by atoms with Crippen molar-refractivity contribution in [2.24, 2.45) is 0 Å². The Morgan fingerprint density at radius 1 is 1.30 bits per heavy atom. The van der Waals surface area contributed by atoms with Crippen molar-refractivity contribution in [3.05, 3.63) is 53.0 Å². The van der Waals surface area contributed by atoms with Gasteiger partial charge in [-0.15, -0.1) is 0 Å². The highest BCUT2D eigenvalue weighted by Crippen LogP contribution is 2.21. The lowest BCUT2D eigenvalue weighted by molar-refractivity contribution is 0.102. The van der Waals surface area contributed by atoms with Gasteiger partial charge in [0, 0.05) is 11.1 Å². The van der Waals surface area contributed by atoms with E-state index >= 15 is 0 Å². The van der Waals surface area contributed by atoms with E-state index < -0.39 is 0 Å². The number of anilines is 1. The van der Waals surface area contributed by atoms with E-state index in [0.29, 0.717) is 16.8 Å². The molecular weight excluding hydrogens is 278 g/mol. The van der Waals surface area contributed by atoms with Crippen LogP contribution in [-0.4, -0.2) is 15.9 Å². The normalized spacial score (nSPS) is 10.7. The van der Waals surface area contributed by atoms with Gasteiger partial charge in [0.25, 0.3) is 5.91 Å². The van der Waals surface area contributed by atoms with Crippen LogP contribution >= 0.6 is 11.6 Å². The lowest BCUT2D eigenvalue weighted by Gasteiger charge is -2.03. The Balaban J connectivity index is 1.93. The van der Waals surface area contributed by atoms with Gasteiger partial charge in [0.15, 0.2) is 0 Å². The highest BCUT2D eigenvalue weighted by Gasteiger charge is 2.14. The molecule has 100 valence electrons. The average Bonchev–Trinajstić information content (AvgIpc) is 2.81. The SMILES string of the molecule is Cc1cc(Cl)nc(NC(=O)c2coc3ccccc23)n1.